The van der Waals surface area contributed by atoms with E-state index in [1.165, 1.54) is 4.57 Å². The summed E-state index contributed by atoms with van der Waals surface area (Å²) >= 11 is 0. The van der Waals surface area contributed by atoms with E-state index in [9.17, 15) is 9.18 Å². The van der Waals surface area contributed by atoms with E-state index in [-0.39, 0.29) is 12.1 Å². The number of benzene rings is 1. The first-order chi connectivity index (χ1) is 10.7. The standard InChI is InChI=1S/C17H14FN3O/c18-12-5-7-16-20-15-9-11(14-3-1-2-8-19-14)4-6-13(15)17(22)21(16)10-12/h1-4,6,8-9,12H,5,7,10H2. The van der Waals surface area contributed by atoms with Gasteiger partial charge >= 0.3 is 0 Å². The van der Waals surface area contributed by atoms with Crippen LogP contribution in [0.25, 0.3) is 22.2 Å². The quantitative estimate of drug-likeness (QED) is 0.693. The average molecular weight is 295 g/mol. The fourth-order valence-electron chi connectivity index (χ4n) is 2.91. The van der Waals surface area contributed by atoms with E-state index in [0.717, 1.165) is 11.3 Å². The zero-order chi connectivity index (χ0) is 15.1. The third-order valence-electron chi connectivity index (χ3n) is 4.06. The summed E-state index contributed by atoms with van der Waals surface area (Å²) in [5, 5.41) is 0.525. The van der Waals surface area contributed by atoms with Crippen molar-refractivity contribution in [2.45, 2.75) is 25.6 Å². The van der Waals surface area contributed by atoms with Crippen LogP contribution in [0, 0.1) is 0 Å². The molecule has 3 aromatic rings. The highest BCUT2D eigenvalue weighted by Crippen LogP contribution is 2.22. The van der Waals surface area contributed by atoms with Crippen molar-refractivity contribution in [1.82, 2.24) is 14.5 Å². The van der Waals surface area contributed by atoms with Crippen molar-refractivity contribution < 1.29 is 4.39 Å². The lowest BCUT2D eigenvalue weighted by Crippen LogP contribution is -2.33. The van der Waals surface area contributed by atoms with Crippen molar-refractivity contribution in [2.75, 3.05) is 0 Å². The van der Waals surface area contributed by atoms with Gasteiger partial charge in [0, 0.05) is 18.2 Å². The predicted octanol–water partition coefficient (Wildman–Crippen LogP) is 2.74. The highest BCUT2D eigenvalue weighted by atomic mass is 19.1. The van der Waals surface area contributed by atoms with Crippen LogP contribution in [-0.4, -0.2) is 20.7 Å². The zero-order valence-electron chi connectivity index (χ0n) is 11.9. The van der Waals surface area contributed by atoms with Gasteiger partial charge in [0.2, 0.25) is 0 Å². The van der Waals surface area contributed by atoms with Crippen molar-refractivity contribution in [1.29, 1.82) is 0 Å². The maximum absolute atomic E-state index is 13.5. The molecule has 3 heterocycles. The molecule has 4 rings (SSSR count). The predicted molar refractivity (Wildman–Crippen MR) is 82.5 cm³/mol. The van der Waals surface area contributed by atoms with Crippen molar-refractivity contribution in [3.8, 4) is 11.3 Å². The van der Waals surface area contributed by atoms with Crippen molar-refractivity contribution in [2.24, 2.45) is 0 Å². The molecule has 1 aromatic carbocycles. The Hall–Kier alpha value is -2.56. The van der Waals surface area contributed by atoms with Gasteiger partial charge in [-0.3, -0.25) is 14.3 Å². The molecule has 0 radical (unpaired) electrons. The molecule has 0 amide bonds. The summed E-state index contributed by atoms with van der Waals surface area (Å²) in [6, 6.07) is 11.2. The lowest BCUT2D eigenvalue weighted by molar-refractivity contribution is 0.248. The lowest BCUT2D eigenvalue weighted by atomic mass is 10.1. The van der Waals surface area contributed by atoms with E-state index in [1.54, 1.807) is 12.3 Å². The van der Waals surface area contributed by atoms with Gasteiger partial charge in [0.05, 0.1) is 23.1 Å². The molecule has 2 aromatic heterocycles. The summed E-state index contributed by atoms with van der Waals surface area (Å²) in [4.78, 5) is 21.4. The second-order valence-corrected chi connectivity index (χ2v) is 5.53. The molecule has 0 fully saturated rings. The lowest BCUT2D eigenvalue weighted by Gasteiger charge is -2.20. The molecule has 1 aliphatic rings. The van der Waals surface area contributed by atoms with Crippen LogP contribution in [0.5, 0.6) is 0 Å². The number of alkyl halides is 1. The number of aryl methyl sites for hydroxylation is 1. The minimum Gasteiger partial charge on any atom is -0.293 e. The SMILES string of the molecule is O=c1c2ccc(-c3ccccn3)cc2nc2n1CC(F)CC2. The average Bonchev–Trinajstić information content (AvgIpc) is 2.56. The number of rotatable bonds is 1. The second kappa shape index (κ2) is 5.02. The van der Waals surface area contributed by atoms with Crippen LogP contribution in [0.1, 0.15) is 12.2 Å². The molecule has 110 valence electrons. The fraction of sp³-hybridized carbons (Fsp3) is 0.235. The minimum atomic E-state index is -0.961. The smallest absolute Gasteiger partial charge is 0.261 e. The molecule has 0 N–H and O–H groups in total. The molecule has 0 aliphatic carbocycles. The molecular formula is C17H14FN3O. The molecule has 5 heteroatoms. The first kappa shape index (κ1) is 13.1. The summed E-state index contributed by atoms with van der Waals surface area (Å²) in [5.74, 6) is 0.671. The number of hydrogen-bond donors (Lipinski definition) is 0. The summed E-state index contributed by atoms with van der Waals surface area (Å²) < 4.78 is 15.0. The molecule has 0 saturated carbocycles. The molecule has 0 saturated heterocycles. The molecule has 1 atom stereocenters. The number of hydrogen-bond acceptors (Lipinski definition) is 3. The molecule has 22 heavy (non-hydrogen) atoms. The molecular weight excluding hydrogens is 281 g/mol. The maximum atomic E-state index is 13.5. The summed E-state index contributed by atoms with van der Waals surface area (Å²) in [6.07, 6.45) is 1.70. The molecule has 1 unspecified atom stereocenters. The number of nitrogens with zero attached hydrogens (tertiary/aromatic N) is 3. The summed E-state index contributed by atoms with van der Waals surface area (Å²) in [5.41, 5.74) is 2.25. The first-order valence-electron chi connectivity index (χ1n) is 7.31. The van der Waals surface area contributed by atoms with Crippen molar-refractivity contribution >= 4 is 10.9 Å². The Morgan fingerprint density at radius 2 is 2.14 bits per heavy atom. The Morgan fingerprint density at radius 1 is 1.23 bits per heavy atom. The maximum Gasteiger partial charge on any atom is 0.261 e. The van der Waals surface area contributed by atoms with E-state index in [1.807, 2.05) is 30.3 Å². The Balaban J connectivity index is 1.91. The monoisotopic (exact) mass is 295 g/mol. The van der Waals surface area contributed by atoms with Crippen molar-refractivity contribution in [3.63, 3.8) is 0 Å². The zero-order valence-corrected chi connectivity index (χ0v) is 11.9. The Morgan fingerprint density at radius 3 is 2.95 bits per heavy atom. The van der Waals surface area contributed by atoms with Gasteiger partial charge in [0.15, 0.2) is 0 Å². The summed E-state index contributed by atoms with van der Waals surface area (Å²) in [6.45, 7) is 0.110. The van der Waals surface area contributed by atoms with E-state index in [0.29, 0.717) is 29.6 Å². The Kier molecular flexibility index (Phi) is 2.99. The van der Waals surface area contributed by atoms with Crippen LogP contribution in [0.15, 0.2) is 47.4 Å². The Labute approximate surface area is 126 Å². The Bertz CT molecular complexity index is 905. The highest BCUT2D eigenvalue weighted by molar-refractivity contribution is 5.83. The third-order valence-corrected chi connectivity index (χ3v) is 4.06. The normalized spacial score (nSPS) is 17.4. The van der Waals surface area contributed by atoms with Crippen molar-refractivity contribution in [3.05, 3.63) is 58.8 Å². The van der Waals surface area contributed by atoms with Gasteiger partial charge in [-0.25, -0.2) is 9.37 Å². The number of pyridine rings is 1. The van der Waals surface area contributed by atoms with Gasteiger partial charge in [-0.05, 0) is 30.7 Å². The van der Waals surface area contributed by atoms with Gasteiger partial charge in [0.25, 0.3) is 5.56 Å². The van der Waals surface area contributed by atoms with Gasteiger partial charge in [-0.15, -0.1) is 0 Å². The van der Waals surface area contributed by atoms with E-state index >= 15 is 0 Å². The fourth-order valence-corrected chi connectivity index (χ4v) is 2.91. The highest BCUT2D eigenvalue weighted by Gasteiger charge is 2.21. The van der Waals surface area contributed by atoms with E-state index in [2.05, 4.69) is 9.97 Å². The minimum absolute atomic E-state index is 0.110. The largest absolute Gasteiger partial charge is 0.293 e. The molecule has 0 spiro atoms. The van der Waals surface area contributed by atoms with Crippen LogP contribution < -0.4 is 5.56 Å². The first-order valence-corrected chi connectivity index (χ1v) is 7.31. The van der Waals surface area contributed by atoms with Crippen LogP contribution in [0.4, 0.5) is 4.39 Å². The molecule has 0 bridgehead atoms. The summed E-state index contributed by atoms with van der Waals surface area (Å²) in [7, 11) is 0. The second-order valence-electron chi connectivity index (χ2n) is 5.53. The van der Waals surface area contributed by atoms with Crippen LogP contribution in [0.2, 0.25) is 0 Å². The topological polar surface area (TPSA) is 47.8 Å². The van der Waals surface area contributed by atoms with Gasteiger partial charge in [-0.2, -0.15) is 0 Å². The van der Waals surface area contributed by atoms with Crippen LogP contribution in [0.3, 0.4) is 0 Å². The van der Waals surface area contributed by atoms with Crippen LogP contribution in [-0.2, 0) is 13.0 Å². The number of halogens is 1. The van der Waals surface area contributed by atoms with Crippen LogP contribution >= 0.6 is 0 Å². The van der Waals surface area contributed by atoms with E-state index in [4.69, 9.17) is 0 Å². The van der Waals surface area contributed by atoms with Gasteiger partial charge in [0.1, 0.15) is 12.0 Å². The molecule has 4 nitrogen and oxygen atoms in total. The van der Waals surface area contributed by atoms with Gasteiger partial charge in [-0.1, -0.05) is 12.1 Å². The third kappa shape index (κ3) is 2.09. The molecule has 1 aliphatic heterocycles. The number of aromatic nitrogens is 3. The van der Waals surface area contributed by atoms with E-state index < -0.39 is 6.17 Å². The number of fused-ring (bicyclic) bond motifs is 2. The van der Waals surface area contributed by atoms with Gasteiger partial charge < -0.3 is 0 Å².